The molecule has 1 saturated heterocycles. The van der Waals surface area contributed by atoms with Gasteiger partial charge in [-0.3, -0.25) is 19.3 Å². The number of ether oxygens (including phenoxy) is 1. The number of esters is 1. The molecule has 4 atom stereocenters. The lowest BCUT2D eigenvalue weighted by Gasteiger charge is -2.29. The second-order valence-corrected chi connectivity index (χ2v) is 10.2. The van der Waals surface area contributed by atoms with Gasteiger partial charge in [0.1, 0.15) is 5.75 Å². The molecule has 5 nitrogen and oxygen atoms in total. The molecule has 1 aromatic carbocycles. The van der Waals surface area contributed by atoms with Crippen LogP contribution in [0.5, 0.6) is 5.75 Å². The number of benzene rings is 1. The Hall–Kier alpha value is -1.21. The third-order valence-electron chi connectivity index (χ3n) is 5.72. The number of amides is 2. The molecule has 2 fully saturated rings. The predicted molar refractivity (Wildman–Crippen MR) is 120 cm³/mol. The van der Waals surface area contributed by atoms with Gasteiger partial charge in [-0.2, -0.15) is 0 Å². The molecule has 158 valence electrons. The van der Waals surface area contributed by atoms with Crippen LogP contribution in [-0.4, -0.2) is 27.4 Å². The number of alkyl halides is 2. The molecule has 29 heavy (non-hydrogen) atoms. The quantitative estimate of drug-likeness (QED) is 0.149. The van der Waals surface area contributed by atoms with Crippen molar-refractivity contribution < 1.29 is 19.1 Å². The number of carbonyl (C=O) groups is 3. The van der Waals surface area contributed by atoms with E-state index in [4.69, 9.17) is 4.74 Å². The van der Waals surface area contributed by atoms with Crippen LogP contribution in [0.2, 0.25) is 0 Å². The molecule has 1 aliphatic heterocycles. The van der Waals surface area contributed by atoms with Crippen molar-refractivity contribution in [1.82, 2.24) is 0 Å². The van der Waals surface area contributed by atoms with Crippen LogP contribution in [0.4, 0.5) is 5.69 Å². The molecule has 0 unspecified atom stereocenters. The van der Waals surface area contributed by atoms with Crippen molar-refractivity contribution in [2.45, 2.75) is 67.9 Å². The lowest BCUT2D eigenvalue weighted by Crippen LogP contribution is -2.34. The Morgan fingerprint density at radius 3 is 2.07 bits per heavy atom. The molecule has 1 aliphatic carbocycles. The van der Waals surface area contributed by atoms with Crippen LogP contribution >= 0.6 is 31.9 Å². The highest BCUT2D eigenvalue weighted by Crippen LogP contribution is 2.44. The SMILES string of the molecule is CCCCCCCC(=O)Oc1ccc(N2C(=O)[C@H]3C[C@@H](Br)[C@H](Br)C[C@H]3C2=O)cc1. The number of hydrogen-bond acceptors (Lipinski definition) is 4. The molecule has 1 saturated carbocycles. The summed E-state index contributed by atoms with van der Waals surface area (Å²) < 4.78 is 5.38. The van der Waals surface area contributed by atoms with Gasteiger partial charge in [-0.05, 0) is 43.5 Å². The van der Waals surface area contributed by atoms with Gasteiger partial charge in [0, 0.05) is 16.1 Å². The van der Waals surface area contributed by atoms with Gasteiger partial charge in [0.25, 0.3) is 0 Å². The molecular formula is C22H27Br2NO4. The number of rotatable bonds is 8. The van der Waals surface area contributed by atoms with Crippen LogP contribution < -0.4 is 9.64 Å². The monoisotopic (exact) mass is 527 g/mol. The van der Waals surface area contributed by atoms with E-state index in [2.05, 4.69) is 38.8 Å². The van der Waals surface area contributed by atoms with Crippen LogP contribution in [0.25, 0.3) is 0 Å². The Labute approximate surface area is 188 Å². The Bertz CT molecular complexity index is 724. The van der Waals surface area contributed by atoms with Gasteiger partial charge in [-0.25, -0.2) is 0 Å². The highest BCUT2D eigenvalue weighted by Gasteiger charge is 2.52. The van der Waals surface area contributed by atoms with Gasteiger partial charge in [0.15, 0.2) is 0 Å². The first-order chi connectivity index (χ1) is 13.9. The van der Waals surface area contributed by atoms with Crippen LogP contribution in [0.3, 0.4) is 0 Å². The van der Waals surface area contributed by atoms with E-state index in [0.29, 0.717) is 30.7 Å². The summed E-state index contributed by atoms with van der Waals surface area (Å²) in [7, 11) is 0. The Morgan fingerprint density at radius 2 is 1.52 bits per heavy atom. The summed E-state index contributed by atoms with van der Waals surface area (Å²) in [4.78, 5) is 39.3. The topological polar surface area (TPSA) is 63.7 Å². The lowest BCUT2D eigenvalue weighted by atomic mass is 9.81. The second-order valence-electron chi connectivity index (χ2n) is 7.86. The van der Waals surface area contributed by atoms with Crippen molar-refractivity contribution in [3.05, 3.63) is 24.3 Å². The average molecular weight is 529 g/mol. The fourth-order valence-corrected chi connectivity index (χ4v) is 5.31. The maximum absolute atomic E-state index is 12.8. The minimum absolute atomic E-state index is 0.138. The standard InChI is InChI=1S/C22H27Br2NO4/c1-2-3-4-5-6-7-20(26)29-15-10-8-14(9-11-15)25-21(27)16-12-18(23)19(24)13-17(16)22(25)28/h8-11,16-19H,2-7,12-13H2,1H3/t16-,17+,18-,19-/m1/s1. The molecule has 2 aliphatic rings. The zero-order valence-corrected chi connectivity index (χ0v) is 19.8. The minimum atomic E-state index is -0.272. The second kappa shape index (κ2) is 10.2. The van der Waals surface area contributed by atoms with E-state index in [1.165, 1.54) is 17.7 Å². The minimum Gasteiger partial charge on any atom is -0.427 e. The smallest absolute Gasteiger partial charge is 0.311 e. The summed E-state index contributed by atoms with van der Waals surface area (Å²) in [5.74, 6) is -0.636. The summed E-state index contributed by atoms with van der Waals surface area (Å²) >= 11 is 7.20. The van der Waals surface area contributed by atoms with E-state index in [-0.39, 0.29) is 39.3 Å². The molecule has 0 aromatic heterocycles. The van der Waals surface area contributed by atoms with Gasteiger partial charge in [0.2, 0.25) is 11.8 Å². The lowest BCUT2D eigenvalue weighted by molar-refractivity contribution is -0.134. The molecule has 3 rings (SSSR count). The zero-order valence-electron chi connectivity index (χ0n) is 16.6. The van der Waals surface area contributed by atoms with Crippen molar-refractivity contribution in [2.75, 3.05) is 4.90 Å². The van der Waals surface area contributed by atoms with Gasteiger partial charge in [-0.1, -0.05) is 64.5 Å². The van der Waals surface area contributed by atoms with Crippen molar-refractivity contribution in [3.63, 3.8) is 0 Å². The molecule has 7 heteroatoms. The predicted octanol–water partition coefficient (Wildman–Crippen LogP) is 5.38. The largest absolute Gasteiger partial charge is 0.427 e. The third kappa shape index (κ3) is 5.29. The molecule has 1 aromatic rings. The number of halogens is 2. The molecule has 0 bridgehead atoms. The summed E-state index contributed by atoms with van der Waals surface area (Å²) in [5.41, 5.74) is 0.533. The van der Waals surface area contributed by atoms with E-state index >= 15 is 0 Å². The Morgan fingerprint density at radius 1 is 0.966 bits per heavy atom. The van der Waals surface area contributed by atoms with Gasteiger partial charge >= 0.3 is 5.97 Å². The van der Waals surface area contributed by atoms with Crippen LogP contribution in [0.15, 0.2) is 24.3 Å². The normalized spacial score (nSPS) is 26.5. The summed E-state index contributed by atoms with van der Waals surface area (Å²) in [6, 6.07) is 6.64. The van der Waals surface area contributed by atoms with E-state index in [1.54, 1.807) is 24.3 Å². The van der Waals surface area contributed by atoms with Crippen LogP contribution in [0.1, 0.15) is 58.3 Å². The van der Waals surface area contributed by atoms with Crippen LogP contribution in [0, 0.1) is 11.8 Å². The molecule has 0 spiro atoms. The van der Waals surface area contributed by atoms with E-state index in [0.717, 1.165) is 19.3 Å². The summed E-state index contributed by atoms with van der Waals surface area (Å²) in [6.45, 7) is 2.16. The first kappa shape index (κ1) is 22.5. The van der Waals surface area contributed by atoms with Gasteiger partial charge in [0.05, 0.1) is 17.5 Å². The fraction of sp³-hybridized carbons (Fsp3) is 0.591. The molecule has 2 amide bonds. The highest BCUT2D eigenvalue weighted by molar-refractivity contribution is 9.12. The van der Waals surface area contributed by atoms with E-state index in [1.807, 2.05) is 0 Å². The molecule has 1 heterocycles. The number of unbranched alkanes of at least 4 members (excludes halogenated alkanes) is 4. The zero-order chi connectivity index (χ0) is 21.0. The Kier molecular flexibility index (Phi) is 7.91. The molecule has 0 N–H and O–H groups in total. The third-order valence-corrected chi connectivity index (χ3v) is 8.46. The molecule has 0 radical (unpaired) electrons. The van der Waals surface area contributed by atoms with Crippen molar-refractivity contribution in [2.24, 2.45) is 11.8 Å². The number of anilines is 1. The van der Waals surface area contributed by atoms with Crippen molar-refractivity contribution >= 4 is 55.3 Å². The van der Waals surface area contributed by atoms with Gasteiger partial charge < -0.3 is 4.74 Å². The summed E-state index contributed by atoms with van der Waals surface area (Å²) in [5, 5.41) is 0. The van der Waals surface area contributed by atoms with Crippen molar-refractivity contribution in [3.8, 4) is 5.75 Å². The number of carbonyl (C=O) groups excluding carboxylic acids is 3. The number of nitrogens with zero attached hydrogens (tertiary/aromatic N) is 1. The van der Waals surface area contributed by atoms with Gasteiger partial charge in [-0.15, -0.1) is 0 Å². The number of fused-ring (bicyclic) bond motifs is 1. The Balaban J connectivity index is 1.58. The first-order valence-electron chi connectivity index (χ1n) is 10.4. The average Bonchev–Trinajstić information content (AvgIpc) is 2.93. The molecular weight excluding hydrogens is 502 g/mol. The van der Waals surface area contributed by atoms with E-state index in [9.17, 15) is 14.4 Å². The van der Waals surface area contributed by atoms with Crippen molar-refractivity contribution in [1.29, 1.82) is 0 Å². The maximum atomic E-state index is 12.8. The number of hydrogen-bond donors (Lipinski definition) is 0. The number of imide groups is 1. The van der Waals surface area contributed by atoms with E-state index < -0.39 is 0 Å². The van der Waals surface area contributed by atoms with Crippen LogP contribution in [-0.2, 0) is 14.4 Å². The first-order valence-corrected chi connectivity index (χ1v) is 12.2. The highest BCUT2D eigenvalue weighted by atomic mass is 79.9. The maximum Gasteiger partial charge on any atom is 0.311 e. The summed E-state index contributed by atoms with van der Waals surface area (Å²) in [6.07, 6.45) is 7.08. The fourth-order valence-electron chi connectivity index (χ4n) is 4.07.